The Kier molecular flexibility index (Phi) is 7.80. The lowest BCUT2D eigenvalue weighted by molar-refractivity contribution is -0.132. The zero-order valence-electron chi connectivity index (χ0n) is 18.6. The molecule has 0 saturated heterocycles. The standard InChI is InChI=1S/C22H30N6O4/c1-4-14(2)20-22(31)24-15(3)21(30)23-12-17-13-28(27-26-17)9-10-32-18-7-5-16(6-8-18)11-19(29)25-20/h5-8,13-15,20H,4,9-12H2,1-3H3,(H,23,30)(H,24,31)(H,25,29)/t14-,15+,20-/m0/s1. The van der Waals surface area contributed by atoms with Crippen LogP contribution in [0, 0.1) is 5.92 Å². The number of benzene rings is 1. The van der Waals surface area contributed by atoms with E-state index in [1.54, 1.807) is 17.8 Å². The third-order valence-corrected chi connectivity index (χ3v) is 5.47. The van der Waals surface area contributed by atoms with Crippen molar-refractivity contribution >= 4 is 17.7 Å². The molecule has 4 bridgehead atoms. The average molecular weight is 443 g/mol. The van der Waals surface area contributed by atoms with Crippen LogP contribution in [0.2, 0.25) is 0 Å². The number of carbonyl (C=O) groups is 3. The number of hydrogen-bond donors (Lipinski definition) is 3. The molecule has 2 aliphatic heterocycles. The molecule has 3 amide bonds. The van der Waals surface area contributed by atoms with E-state index in [1.807, 2.05) is 38.1 Å². The van der Waals surface area contributed by atoms with Crippen LogP contribution in [0.25, 0.3) is 0 Å². The van der Waals surface area contributed by atoms with Gasteiger partial charge < -0.3 is 20.7 Å². The summed E-state index contributed by atoms with van der Waals surface area (Å²) >= 11 is 0. The quantitative estimate of drug-likeness (QED) is 0.584. The van der Waals surface area contributed by atoms with Gasteiger partial charge in [0.25, 0.3) is 0 Å². The number of nitrogens with zero attached hydrogens (tertiary/aromatic N) is 3. The minimum atomic E-state index is -0.771. The lowest BCUT2D eigenvalue weighted by Gasteiger charge is -2.25. The van der Waals surface area contributed by atoms with Crippen molar-refractivity contribution < 1.29 is 19.1 Å². The first-order chi connectivity index (χ1) is 15.4. The molecule has 0 spiro atoms. The molecule has 4 rings (SSSR count). The maximum atomic E-state index is 12.9. The maximum absolute atomic E-state index is 12.9. The smallest absolute Gasteiger partial charge is 0.243 e. The number of hydrogen-bond acceptors (Lipinski definition) is 6. The third-order valence-electron chi connectivity index (χ3n) is 5.47. The summed E-state index contributed by atoms with van der Waals surface area (Å²) in [6.45, 7) is 6.52. The van der Waals surface area contributed by atoms with Gasteiger partial charge in [0, 0.05) is 0 Å². The van der Waals surface area contributed by atoms with Crippen LogP contribution in [0.15, 0.2) is 30.5 Å². The summed E-state index contributed by atoms with van der Waals surface area (Å²) < 4.78 is 7.37. The Morgan fingerprint density at radius 2 is 1.91 bits per heavy atom. The largest absolute Gasteiger partial charge is 0.492 e. The van der Waals surface area contributed by atoms with Gasteiger partial charge in [-0.1, -0.05) is 37.6 Å². The van der Waals surface area contributed by atoms with E-state index in [9.17, 15) is 14.4 Å². The molecule has 3 heterocycles. The maximum Gasteiger partial charge on any atom is 0.243 e. The summed E-state index contributed by atoms with van der Waals surface area (Å²) in [5.41, 5.74) is 1.40. The highest BCUT2D eigenvalue weighted by Crippen LogP contribution is 2.14. The van der Waals surface area contributed by atoms with Crippen molar-refractivity contribution in [1.82, 2.24) is 30.9 Å². The lowest BCUT2D eigenvalue weighted by atomic mass is 9.97. The zero-order chi connectivity index (χ0) is 23.1. The summed E-state index contributed by atoms with van der Waals surface area (Å²) in [5.74, 6) is -0.413. The first-order valence-electron chi connectivity index (χ1n) is 10.8. The molecule has 0 unspecified atom stereocenters. The van der Waals surface area contributed by atoms with Crippen molar-refractivity contribution in [3.8, 4) is 5.75 Å². The molecule has 1 aromatic heterocycles. The monoisotopic (exact) mass is 442 g/mol. The second-order valence-corrected chi connectivity index (χ2v) is 8.02. The molecular formula is C22H30N6O4. The Hall–Kier alpha value is -3.43. The van der Waals surface area contributed by atoms with Gasteiger partial charge in [-0.25, -0.2) is 4.68 Å². The Balaban J connectivity index is 1.79. The molecule has 0 aliphatic carbocycles. The van der Waals surface area contributed by atoms with Gasteiger partial charge in [0.05, 0.1) is 25.7 Å². The van der Waals surface area contributed by atoms with Crippen molar-refractivity contribution in [2.75, 3.05) is 6.61 Å². The second-order valence-electron chi connectivity index (χ2n) is 8.02. The number of amides is 3. The van der Waals surface area contributed by atoms with Crippen LogP contribution in [0.4, 0.5) is 0 Å². The highest BCUT2D eigenvalue weighted by Gasteiger charge is 2.28. The average Bonchev–Trinajstić information content (AvgIpc) is 3.23. The number of aromatic nitrogens is 3. The van der Waals surface area contributed by atoms with Gasteiger partial charge in [-0.15, -0.1) is 5.10 Å². The molecule has 0 fully saturated rings. The summed E-state index contributed by atoms with van der Waals surface area (Å²) in [5, 5.41) is 16.4. The van der Waals surface area contributed by atoms with Gasteiger partial charge in [0.15, 0.2) is 0 Å². The van der Waals surface area contributed by atoms with Gasteiger partial charge in [-0.2, -0.15) is 0 Å². The van der Waals surface area contributed by atoms with Crippen molar-refractivity contribution in [3.63, 3.8) is 0 Å². The fourth-order valence-electron chi connectivity index (χ4n) is 3.30. The molecule has 3 atom stereocenters. The van der Waals surface area contributed by atoms with E-state index in [2.05, 4.69) is 26.3 Å². The lowest BCUT2D eigenvalue weighted by Crippen LogP contribution is -2.55. The highest BCUT2D eigenvalue weighted by atomic mass is 16.5. The summed E-state index contributed by atoms with van der Waals surface area (Å²) in [6, 6.07) is 5.76. The number of ether oxygens (including phenoxy) is 1. The fraction of sp³-hybridized carbons (Fsp3) is 0.500. The fourth-order valence-corrected chi connectivity index (χ4v) is 3.30. The normalized spacial score (nSPS) is 21.7. The first kappa shape index (κ1) is 23.2. The van der Waals surface area contributed by atoms with E-state index in [1.165, 1.54) is 0 Å². The molecule has 10 heteroatoms. The molecule has 172 valence electrons. The van der Waals surface area contributed by atoms with Gasteiger partial charge in [0.1, 0.15) is 30.1 Å². The first-order valence-corrected chi connectivity index (χ1v) is 10.8. The summed E-state index contributed by atoms with van der Waals surface area (Å²) in [7, 11) is 0. The molecule has 32 heavy (non-hydrogen) atoms. The minimum absolute atomic E-state index is 0.0992. The predicted molar refractivity (Wildman–Crippen MR) is 117 cm³/mol. The van der Waals surface area contributed by atoms with Gasteiger partial charge in [-0.05, 0) is 30.5 Å². The van der Waals surface area contributed by atoms with Gasteiger partial charge in [0.2, 0.25) is 17.7 Å². The minimum Gasteiger partial charge on any atom is -0.492 e. The molecule has 0 radical (unpaired) electrons. The summed E-state index contributed by atoms with van der Waals surface area (Å²) in [6.07, 6.45) is 2.57. The van der Waals surface area contributed by atoms with E-state index in [0.717, 1.165) is 5.56 Å². The van der Waals surface area contributed by atoms with Crippen LogP contribution in [0.3, 0.4) is 0 Å². The van der Waals surface area contributed by atoms with Crippen LogP contribution in [-0.4, -0.2) is 51.4 Å². The zero-order valence-corrected chi connectivity index (χ0v) is 18.6. The topological polar surface area (TPSA) is 127 Å². The number of nitrogens with one attached hydrogen (secondary N) is 3. The van der Waals surface area contributed by atoms with Crippen LogP contribution in [0.1, 0.15) is 38.4 Å². The molecule has 2 aliphatic rings. The summed E-state index contributed by atoms with van der Waals surface area (Å²) in [4.78, 5) is 37.9. The van der Waals surface area contributed by atoms with Crippen LogP contribution < -0.4 is 20.7 Å². The van der Waals surface area contributed by atoms with Crippen LogP contribution in [0.5, 0.6) is 5.75 Å². The predicted octanol–water partition coefficient (Wildman–Crippen LogP) is 0.565. The van der Waals surface area contributed by atoms with E-state index < -0.39 is 12.1 Å². The Morgan fingerprint density at radius 1 is 1.16 bits per heavy atom. The molecule has 2 aromatic rings. The van der Waals surface area contributed by atoms with E-state index >= 15 is 0 Å². The Labute approximate surface area is 187 Å². The van der Waals surface area contributed by atoms with E-state index in [-0.39, 0.29) is 36.6 Å². The molecule has 1 aromatic carbocycles. The SMILES string of the molecule is CC[C@H](C)[C@@H]1NC(=O)Cc2ccc(cc2)OCCn2cc(nn2)CNC(=O)[C@@H](C)NC1=O. The number of carbonyl (C=O) groups excluding carboxylic acids is 3. The van der Waals surface area contributed by atoms with Crippen LogP contribution in [-0.2, 0) is 33.9 Å². The Bertz CT molecular complexity index is 942. The third kappa shape index (κ3) is 6.29. The van der Waals surface area contributed by atoms with Crippen molar-refractivity contribution in [3.05, 3.63) is 41.7 Å². The molecular weight excluding hydrogens is 412 g/mol. The van der Waals surface area contributed by atoms with Crippen molar-refractivity contribution in [1.29, 1.82) is 0 Å². The number of rotatable bonds is 2. The molecule has 0 saturated carbocycles. The van der Waals surface area contributed by atoms with Crippen molar-refractivity contribution in [2.45, 2.75) is 58.8 Å². The highest BCUT2D eigenvalue weighted by molar-refractivity contribution is 5.92. The van der Waals surface area contributed by atoms with Crippen molar-refractivity contribution in [2.24, 2.45) is 5.92 Å². The molecule has 3 N–H and O–H groups in total. The van der Waals surface area contributed by atoms with Gasteiger partial charge in [-0.3, -0.25) is 14.4 Å². The van der Waals surface area contributed by atoms with E-state index in [4.69, 9.17) is 4.74 Å². The van der Waals surface area contributed by atoms with Crippen LogP contribution >= 0.6 is 0 Å². The van der Waals surface area contributed by atoms with E-state index in [0.29, 0.717) is 31.0 Å². The van der Waals surface area contributed by atoms with Gasteiger partial charge >= 0.3 is 0 Å². The second kappa shape index (κ2) is 10.7. The Morgan fingerprint density at radius 3 is 2.62 bits per heavy atom. The number of fused-ring (bicyclic) bond motifs is 13. The molecule has 10 nitrogen and oxygen atoms in total.